The van der Waals surface area contributed by atoms with Gasteiger partial charge >= 0.3 is 5.97 Å². The van der Waals surface area contributed by atoms with Gasteiger partial charge in [0.15, 0.2) is 5.65 Å². The quantitative estimate of drug-likeness (QED) is 0.812. The number of hydrogen-bond acceptors (Lipinski definition) is 3. The van der Waals surface area contributed by atoms with Crippen molar-refractivity contribution < 1.29 is 9.90 Å². The number of pyridine rings is 1. The molecule has 1 aliphatic rings. The molecule has 0 saturated heterocycles. The molecule has 0 radical (unpaired) electrons. The standard InChI is InChI=1S/C14H17N3O2/c18-14(19)10-7-11-13(15-8-10)17-12(16-11)9-5-3-1-2-4-6-9/h7-9H,1-6H2,(H,18,19)(H,15,16,17). The molecule has 2 aromatic heterocycles. The fourth-order valence-electron chi connectivity index (χ4n) is 2.78. The third-order valence-electron chi connectivity index (χ3n) is 3.84. The van der Waals surface area contributed by atoms with Crippen molar-refractivity contribution >= 4 is 17.1 Å². The van der Waals surface area contributed by atoms with Crippen molar-refractivity contribution in [3.8, 4) is 0 Å². The lowest BCUT2D eigenvalue weighted by molar-refractivity contribution is 0.0696. The number of aromatic nitrogens is 3. The highest BCUT2D eigenvalue weighted by Gasteiger charge is 2.18. The Labute approximate surface area is 111 Å². The van der Waals surface area contributed by atoms with Crippen LogP contribution in [0.4, 0.5) is 0 Å². The van der Waals surface area contributed by atoms with E-state index in [0.717, 1.165) is 24.2 Å². The molecule has 1 fully saturated rings. The lowest BCUT2D eigenvalue weighted by atomic mass is 10.00. The highest BCUT2D eigenvalue weighted by Crippen LogP contribution is 2.30. The van der Waals surface area contributed by atoms with Gasteiger partial charge in [-0.3, -0.25) is 0 Å². The number of H-pyrrole nitrogens is 1. The van der Waals surface area contributed by atoms with Crippen LogP contribution in [0.15, 0.2) is 12.3 Å². The second kappa shape index (κ2) is 4.99. The van der Waals surface area contributed by atoms with Gasteiger partial charge in [0.25, 0.3) is 0 Å². The second-order valence-corrected chi connectivity index (χ2v) is 5.21. The molecule has 19 heavy (non-hydrogen) atoms. The third-order valence-corrected chi connectivity index (χ3v) is 3.84. The first kappa shape index (κ1) is 12.1. The molecule has 1 saturated carbocycles. The number of rotatable bonds is 2. The molecule has 0 aromatic carbocycles. The van der Waals surface area contributed by atoms with Crippen LogP contribution in [0.2, 0.25) is 0 Å². The van der Waals surface area contributed by atoms with Gasteiger partial charge < -0.3 is 10.1 Å². The van der Waals surface area contributed by atoms with Crippen LogP contribution in [0, 0.1) is 0 Å². The van der Waals surface area contributed by atoms with Crippen molar-refractivity contribution in [2.24, 2.45) is 0 Å². The first-order valence-electron chi connectivity index (χ1n) is 6.83. The molecule has 1 aliphatic carbocycles. The molecular formula is C14H17N3O2. The van der Waals surface area contributed by atoms with Crippen molar-refractivity contribution in [1.82, 2.24) is 15.0 Å². The van der Waals surface area contributed by atoms with Crippen LogP contribution in [0.1, 0.15) is 60.6 Å². The summed E-state index contributed by atoms with van der Waals surface area (Å²) < 4.78 is 0. The minimum Gasteiger partial charge on any atom is -0.478 e. The average molecular weight is 259 g/mol. The predicted octanol–water partition coefficient (Wildman–Crippen LogP) is 3.09. The number of fused-ring (bicyclic) bond motifs is 1. The largest absolute Gasteiger partial charge is 0.478 e. The lowest BCUT2D eigenvalue weighted by Crippen LogP contribution is -1.99. The number of nitrogens with one attached hydrogen (secondary N) is 1. The Morgan fingerprint density at radius 1 is 1.26 bits per heavy atom. The number of hydrogen-bond donors (Lipinski definition) is 2. The van der Waals surface area contributed by atoms with Gasteiger partial charge in [0.1, 0.15) is 5.82 Å². The third kappa shape index (κ3) is 2.45. The van der Waals surface area contributed by atoms with E-state index in [2.05, 4.69) is 15.0 Å². The van der Waals surface area contributed by atoms with Gasteiger partial charge in [-0.1, -0.05) is 25.7 Å². The van der Waals surface area contributed by atoms with E-state index in [1.807, 2.05) is 0 Å². The van der Waals surface area contributed by atoms with Gasteiger partial charge in [-0.25, -0.2) is 14.8 Å². The van der Waals surface area contributed by atoms with Crippen LogP contribution in [0.5, 0.6) is 0 Å². The van der Waals surface area contributed by atoms with Gasteiger partial charge in [0, 0.05) is 12.1 Å². The number of imidazole rings is 1. The van der Waals surface area contributed by atoms with Crippen LogP contribution >= 0.6 is 0 Å². The molecule has 5 heteroatoms. The maximum Gasteiger partial charge on any atom is 0.337 e. The van der Waals surface area contributed by atoms with Crippen LogP contribution in [-0.2, 0) is 0 Å². The number of carboxylic acid groups (broad SMARTS) is 1. The van der Waals surface area contributed by atoms with Crippen molar-refractivity contribution in [1.29, 1.82) is 0 Å². The van der Waals surface area contributed by atoms with Crippen LogP contribution in [0.3, 0.4) is 0 Å². The number of nitrogens with zero attached hydrogens (tertiary/aromatic N) is 2. The monoisotopic (exact) mass is 259 g/mol. The summed E-state index contributed by atoms with van der Waals surface area (Å²) in [7, 11) is 0. The van der Waals surface area contributed by atoms with E-state index in [1.54, 1.807) is 6.07 Å². The first-order chi connectivity index (χ1) is 9.24. The summed E-state index contributed by atoms with van der Waals surface area (Å²) in [6.07, 6.45) is 8.78. The van der Waals surface area contributed by atoms with Gasteiger partial charge in [-0.05, 0) is 18.9 Å². The minimum atomic E-state index is -0.958. The maximum atomic E-state index is 10.9. The summed E-state index contributed by atoms with van der Waals surface area (Å²) in [5, 5.41) is 8.96. The molecule has 3 rings (SSSR count). The smallest absolute Gasteiger partial charge is 0.337 e. The van der Waals surface area contributed by atoms with Gasteiger partial charge in [0.2, 0.25) is 0 Å². The molecule has 2 N–H and O–H groups in total. The molecule has 2 aromatic rings. The fourth-order valence-corrected chi connectivity index (χ4v) is 2.78. The highest BCUT2D eigenvalue weighted by molar-refractivity contribution is 5.90. The normalized spacial score (nSPS) is 17.5. The number of aromatic amines is 1. The summed E-state index contributed by atoms with van der Waals surface area (Å²) in [4.78, 5) is 22.8. The maximum absolute atomic E-state index is 10.9. The van der Waals surface area contributed by atoms with Gasteiger partial charge in [-0.15, -0.1) is 0 Å². The van der Waals surface area contributed by atoms with Crippen LogP contribution in [0.25, 0.3) is 11.2 Å². The Bertz CT molecular complexity index is 598. The van der Waals surface area contributed by atoms with Crippen LogP contribution in [-0.4, -0.2) is 26.0 Å². The Kier molecular flexibility index (Phi) is 3.19. The molecular weight excluding hydrogens is 242 g/mol. The Morgan fingerprint density at radius 2 is 2.00 bits per heavy atom. The molecule has 2 heterocycles. The molecule has 0 unspecified atom stereocenters. The van der Waals surface area contributed by atoms with E-state index >= 15 is 0 Å². The summed E-state index contributed by atoms with van der Waals surface area (Å²) in [5.41, 5.74) is 1.53. The van der Waals surface area contributed by atoms with E-state index in [9.17, 15) is 4.79 Å². The second-order valence-electron chi connectivity index (χ2n) is 5.21. The molecule has 100 valence electrons. The Hall–Kier alpha value is -1.91. The number of aromatic carboxylic acids is 1. The average Bonchev–Trinajstić information content (AvgIpc) is 2.64. The number of carbonyl (C=O) groups is 1. The van der Waals surface area contributed by atoms with Crippen molar-refractivity contribution in [3.05, 3.63) is 23.7 Å². The van der Waals surface area contributed by atoms with E-state index in [0.29, 0.717) is 11.6 Å². The molecule has 0 amide bonds. The zero-order valence-electron chi connectivity index (χ0n) is 10.7. The van der Waals surface area contributed by atoms with Gasteiger partial charge in [0.05, 0.1) is 11.1 Å². The van der Waals surface area contributed by atoms with E-state index < -0.39 is 5.97 Å². The van der Waals surface area contributed by atoms with E-state index in [4.69, 9.17) is 5.11 Å². The molecule has 0 aliphatic heterocycles. The summed E-state index contributed by atoms with van der Waals surface area (Å²) in [6, 6.07) is 1.61. The fraction of sp³-hybridized carbons (Fsp3) is 0.500. The van der Waals surface area contributed by atoms with E-state index in [1.165, 1.54) is 31.9 Å². The summed E-state index contributed by atoms with van der Waals surface area (Å²) in [5.74, 6) is 0.469. The Morgan fingerprint density at radius 3 is 2.68 bits per heavy atom. The zero-order chi connectivity index (χ0) is 13.2. The molecule has 0 bridgehead atoms. The van der Waals surface area contributed by atoms with E-state index in [-0.39, 0.29) is 5.56 Å². The number of carboxylic acids is 1. The highest BCUT2D eigenvalue weighted by atomic mass is 16.4. The topological polar surface area (TPSA) is 78.9 Å². The first-order valence-corrected chi connectivity index (χ1v) is 6.83. The Balaban J connectivity index is 1.94. The van der Waals surface area contributed by atoms with Crippen molar-refractivity contribution in [3.63, 3.8) is 0 Å². The van der Waals surface area contributed by atoms with Crippen molar-refractivity contribution in [2.75, 3.05) is 0 Å². The predicted molar refractivity (Wildman–Crippen MR) is 71.3 cm³/mol. The zero-order valence-corrected chi connectivity index (χ0v) is 10.7. The molecule has 0 spiro atoms. The van der Waals surface area contributed by atoms with Crippen LogP contribution < -0.4 is 0 Å². The van der Waals surface area contributed by atoms with Gasteiger partial charge in [-0.2, -0.15) is 0 Å². The summed E-state index contributed by atoms with van der Waals surface area (Å²) >= 11 is 0. The molecule has 0 atom stereocenters. The summed E-state index contributed by atoms with van der Waals surface area (Å²) in [6.45, 7) is 0. The minimum absolute atomic E-state index is 0.198. The van der Waals surface area contributed by atoms with Crippen molar-refractivity contribution in [2.45, 2.75) is 44.4 Å². The molecule has 5 nitrogen and oxygen atoms in total. The SMILES string of the molecule is O=C(O)c1cnc2nc(C3CCCCCC3)[nH]c2c1. The lowest BCUT2D eigenvalue weighted by Gasteiger charge is -2.09.